The van der Waals surface area contributed by atoms with E-state index in [1.165, 1.54) is 6.42 Å². The summed E-state index contributed by atoms with van der Waals surface area (Å²) in [4.78, 5) is 11.4. The molecule has 0 aromatic carbocycles. The highest BCUT2D eigenvalue weighted by Gasteiger charge is 2.27. The molecule has 0 bridgehead atoms. The largest absolute Gasteiger partial charge is 0.478 e. The fourth-order valence-corrected chi connectivity index (χ4v) is 3.77. The predicted octanol–water partition coefficient (Wildman–Crippen LogP) is 2.88. The van der Waals surface area contributed by atoms with Crippen LogP contribution in [0.3, 0.4) is 0 Å². The molecule has 1 aliphatic rings. The third-order valence-electron chi connectivity index (χ3n) is 3.80. The standard InChI is InChI=1S/C14H21N3O2S/c1-4-20-11-6-5-10(7-11)15-13-12(14(18)19)8(2)9(3)16-17-13/h10-11H,4-7H2,1-3H3,(H,15,17)(H,18,19). The quantitative estimate of drug-likeness (QED) is 0.870. The Labute approximate surface area is 123 Å². The molecule has 2 N–H and O–H groups in total. The average molecular weight is 295 g/mol. The lowest BCUT2D eigenvalue weighted by Gasteiger charge is -2.16. The van der Waals surface area contributed by atoms with Gasteiger partial charge in [-0.15, -0.1) is 5.10 Å². The Morgan fingerprint density at radius 3 is 2.80 bits per heavy atom. The number of carbonyl (C=O) groups is 1. The molecule has 1 aromatic rings. The van der Waals surface area contributed by atoms with Gasteiger partial charge in [-0.05, 0) is 44.4 Å². The second-order valence-electron chi connectivity index (χ2n) is 5.17. The lowest BCUT2D eigenvalue weighted by Crippen LogP contribution is -2.21. The van der Waals surface area contributed by atoms with Crippen LogP contribution in [0.4, 0.5) is 5.82 Å². The highest BCUT2D eigenvalue weighted by molar-refractivity contribution is 7.99. The maximum atomic E-state index is 11.4. The molecule has 1 fully saturated rings. The molecule has 20 heavy (non-hydrogen) atoms. The van der Waals surface area contributed by atoms with Gasteiger partial charge in [-0.1, -0.05) is 6.92 Å². The zero-order chi connectivity index (χ0) is 14.7. The summed E-state index contributed by atoms with van der Waals surface area (Å²) in [5.41, 5.74) is 1.61. The molecule has 1 aliphatic carbocycles. The van der Waals surface area contributed by atoms with Gasteiger partial charge in [0, 0.05) is 11.3 Å². The van der Waals surface area contributed by atoms with Gasteiger partial charge in [-0.25, -0.2) is 4.79 Å². The van der Waals surface area contributed by atoms with Gasteiger partial charge in [0.05, 0.1) is 5.69 Å². The van der Waals surface area contributed by atoms with Crippen molar-refractivity contribution >= 4 is 23.5 Å². The van der Waals surface area contributed by atoms with Crippen LogP contribution in [-0.4, -0.2) is 38.3 Å². The fraction of sp³-hybridized carbons (Fsp3) is 0.643. The molecule has 1 aromatic heterocycles. The minimum Gasteiger partial charge on any atom is -0.478 e. The van der Waals surface area contributed by atoms with Gasteiger partial charge in [0.25, 0.3) is 0 Å². The SMILES string of the molecule is CCSC1CCC(Nc2nnc(C)c(C)c2C(=O)O)C1. The van der Waals surface area contributed by atoms with E-state index in [1.807, 2.05) is 11.8 Å². The number of thioether (sulfide) groups is 1. The van der Waals surface area contributed by atoms with E-state index in [-0.39, 0.29) is 5.56 Å². The van der Waals surface area contributed by atoms with Crippen LogP contribution in [0.5, 0.6) is 0 Å². The van der Waals surface area contributed by atoms with Crippen molar-refractivity contribution in [2.45, 2.75) is 51.3 Å². The Kier molecular flexibility index (Phi) is 4.86. The van der Waals surface area contributed by atoms with E-state index in [0.717, 1.165) is 18.6 Å². The van der Waals surface area contributed by atoms with Crippen LogP contribution in [0.15, 0.2) is 0 Å². The Hall–Kier alpha value is -1.30. The molecule has 5 nitrogen and oxygen atoms in total. The van der Waals surface area contributed by atoms with Gasteiger partial charge < -0.3 is 10.4 Å². The minimum atomic E-state index is -0.944. The van der Waals surface area contributed by atoms with Gasteiger partial charge in [0.1, 0.15) is 5.56 Å². The Balaban J connectivity index is 2.14. The fourth-order valence-electron chi connectivity index (χ4n) is 2.62. The Morgan fingerprint density at radius 1 is 1.40 bits per heavy atom. The zero-order valence-electron chi connectivity index (χ0n) is 12.1. The van der Waals surface area contributed by atoms with Crippen molar-refractivity contribution in [1.82, 2.24) is 10.2 Å². The number of nitrogens with one attached hydrogen (secondary N) is 1. The molecule has 1 heterocycles. The van der Waals surface area contributed by atoms with Gasteiger partial charge in [-0.3, -0.25) is 0 Å². The molecule has 2 rings (SSSR count). The van der Waals surface area contributed by atoms with Crippen molar-refractivity contribution in [3.05, 3.63) is 16.8 Å². The first-order valence-corrected chi connectivity index (χ1v) is 8.03. The molecule has 110 valence electrons. The number of anilines is 1. The predicted molar refractivity (Wildman–Crippen MR) is 81.6 cm³/mol. The summed E-state index contributed by atoms with van der Waals surface area (Å²) in [5.74, 6) is 0.592. The van der Waals surface area contributed by atoms with Crippen LogP contribution in [0.25, 0.3) is 0 Å². The van der Waals surface area contributed by atoms with Crippen LogP contribution in [0, 0.1) is 13.8 Å². The van der Waals surface area contributed by atoms with Gasteiger partial charge in [0.2, 0.25) is 0 Å². The summed E-state index contributed by atoms with van der Waals surface area (Å²) in [6, 6.07) is 0.300. The van der Waals surface area contributed by atoms with E-state index in [2.05, 4.69) is 22.4 Å². The summed E-state index contributed by atoms with van der Waals surface area (Å²) in [6.45, 7) is 5.73. The van der Waals surface area contributed by atoms with Crippen LogP contribution >= 0.6 is 11.8 Å². The Bertz CT molecular complexity index is 507. The topological polar surface area (TPSA) is 75.1 Å². The molecule has 2 unspecified atom stereocenters. The van der Waals surface area contributed by atoms with Crippen molar-refractivity contribution < 1.29 is 9.90 Å². The maximum Gasteiger partial charge on any atom is 0.339 e. The van der Waals surface area contributed by atoms with E-state index in [1.54, 1.807) is 13.8 Å². The number of aromatic nitrogens is 2. The number of rotatable bonds is 5. The second-order valence-corrected chi connectivity index (χ2v) is 6.75. The second kappa shape index (κ2) is 6.43. The van der Waals surface area contributed by atoms with Crippen LogP contribution in [0.1, 0.15) is 47.8 Å². The molecule has 0 aliphatic heterocycles. The van der Waals surface area contributed by atoms with Gasteiger partial charge in [-0.2, -0.15) is 16.9 Å². The maximum absolute atomic E-state index is 11.4. The monoisotopic (exact) mass is 295 g/mol. The van der Waals surface area contributed by atoms with Crippen molar-refractivity contribution in [1.29, 1.82) is 0 Å². The molecular formula is C14H21N3O2S. The number of hydrogen-bond acceptors (Lipinski definition) is 5. The summed E-state index contributed by atoms with van der Waals surface area (Å²) < 4.78 is 0. The molecule has 0 saturated heterocycles. The summed E-state index contributed by atoms with van der Waals surface area (Å²) in [5, 5.41) is 21.4. The Morgan fingerprint density at radius 2 is 2.15 bits per heavy atom. The van der Waals surface area contributed by atoms with Crippen molar-refractivity contribution in [3.63, 3.8) is 0 Å². The summed E-state index contributed by atoms with van der Waals surface area (Å²) in [6.07, 6.45) is 3.30. The molecule has 0 radical (unpaired) electrons. The first-order chi connectivity index (χ1) is 9.52. The van der Waals surface area contributed by atoms with E-state index >= 15 is 0 Å². The van der Waals surface area contributed by atoms with Crippen LogP contribution in [-0.2, 0) is 0 Å². The lowest BCUT2D eigenvalue weighted by atomic mass is 10.1. The number of aromatic carboxylic acids is 1. The van der Waals surface area contributed by atoms with E-state index in [9.17, 15) is 9.90 Å². The summed E-state index contributed by atoms with van der Waals surface area (Å²) in [7, 11) is 0. The van der Waals surface area contributed by atoms with E-state index in [4.69, 9.17) is 0 Å². The van der Waals surface area contributed by atoms with E-state index in [0.29, 0.717) is 28.4 Å². The molecule has 1 saturated carbocycles. The molecule has 2 atom stereocenters. The minimum absolute atomic E-state index is 0.254. The van der Waals surface area contributed by atoms with Crippen molar-refractivity contribution in [3.8, 4) is 0 Å². The average Bonchev–Trinajstić information content (AvgIpc) is 2.81. The number of hydrogen-bond donors (Lipinski definition) is 2. The van der Waals surface area contributed by atoms with Gasteiger partial charge in [0.15, 0.2) is 5.82 Å². The van der Waals surface area contributed by atoms with Gasteiger partial charge >= 0.3 is 5.97 Å². The third kappa shape index (κ3) is 3.23. The van der Waals surface area contributed by atoms with Crippen molar-refractivity contribution in [2.24, 2.45) is 0 Å². The first-order valence-electron chi connectivity index (χ1n) is 6.98. The molecule has 0 amide bonds. The number of nitrogens with zero attached hydrogens (tertiary/aromatic N) is 2. The van der Waals surface area contributed by atoms with Crippen LogP contribution < -0.4 is 5.32 Å². The molecular weight excluding hydrogens is 274 g/mol. The molecule has 0 spiro atoms. The normalized spacial score (nSPS) is 21.9. The number of aryl methyl sites for hydroxylation is 1. The highest BCUT2D eigenvalue weighted by atomic mass is 32.2. The van der Waals surface area contributed by atoms with Crippen molar-refractivity contribution in [2.75, 3.05) is 11.1 Å². The van der Waals surface area contributed by atoms with Crippen LogP contribution in [0.2, 0.25) is 0 Å². The first kappa shape index (κ1) is 15.1. The number of carboxylic acid groups (broad SMARTS) is 1. The third-order valence-corrected chi connectivity index (χ3v) is 5.03. The smallest absolute Gasteiger partial charge is 0.339 e. The number of carboxylic acids is 1. The lowest BCUT2D eigenvalue weighted by molar-refractivity contribution is 0.0696. The highest BCUT2D eigenvalue weighted by Crippen LogP contribution is 2.32. The zero-order valence-corrected chi connectivity index (χ0v) is 13.0. The van der Waals surface area contributed by atoms with E-state index < -0.39 is 5.97 Å². The summed E-state index contributed by atoms with van der Waals surface area (Å²) >= 11 is 1.98. The molecule has 6 heteroatoms.